The highest BCUT2D eigenvalue weighted by Gasteiger charge is 2.23. The molecule has 0 aliphatic carbocycles. The van der Waals surface area contributed by atoms with Crippen molar-refractivity contribution in [3.8, 4) is 22.8 Å². The number of hydrogen-bond donors (Lipinski definition) is 2. The van der Waals surface area contributed by atoms with Crippen LogP contribution in [0.25, 0.3) is 22.8 Å². The number of benzene rings is 2. The van der Waals surface area contributed by atoms with Crippen molar-refractivity contribution < 1.29 is 18.8 Å². The van der Waals surface area contributed by atoms with E-state index in [4.69, 9.17) is 10.3 Å². The Labute approximate surface area is 193 Å². The lowest BCUT2D eigenvalue weighted by Crippen LogP contribution is -2.20. The second-order valence-corrected chi connectivity index (χ2v) is 7.63. The van der Waals surface area contributed by atoms with Gasteiger partial charge in [0.15, 0.2) is 0 Å². The molecule has 0 spiro atoms. The molecule has 0 atom stereocenters. The predicted octanol–water partition coefficient (Wildman–Crippen LogP) is 3.33. The first kappa shape index (κ1) is 22.1. The summed E-state index contributed by atoms with van der Waals surface area (Å²) in [5.74, 6) is 0.0907. The second kappa shape index (κ2) is 9.57. The Bertz CT molecular complexity index is 1280. The summed E-state index contributed by atoms with van der Waals surface area (Å²) in [5.41, 5.74) is 8.49. The highest BCUT2D eigenvalue weighted by Crippen LogP contribution is 2.34. The first-order valence-electron chi connectivity index (χ1n) is 9.78. The molecule has 0 aliphatic rings. The molecule has 0 saturated carbocycles. The predicted molar refractivity (Wildman–Crippen MR) is 124 cm³/mol. The van der Waals surface area contributed by atoms with Crippen molar-refractivity contribution in [2.45, 2.75) is 11.6 Å². The molecular weight excluding hydrogens is 444 g/mol. The van der Waals surface area contributed by atoms with E-state index in [1.807, 2.05) is 36.6 Å². The number of nitrogens with one attached hydrogen (secondary N) is 1. The molecule has 1 amide bonds. The minimum atomic E-state index is -0.453. The second-order valence-electron chi connectivity index (χ2n) is 6.83. The summed E-state index contributed by atoms with van der Waals surface area (Å²) in [7, 11) is 1.31. The number of thioether (sulfide) groups is 1. The molecule has 0 fully saturated rings. The van der Waals surface area contributed by atoms with E-state index < -0.39 is 5.97 Å². The van der Waals surface area contributed by atoms with Crippen LogP contribution in [0.15, 0.2) is 64.1 Å². The fourth-order valence-electron chi connectivity index (χ4n) is 3.09. The average Bonchev–Trinajstić information content (AvgIpc) is 3.44. The van der Waals surface area contributed by atoms with E-state index in [9.17, 15) is 9.59 Å². The zero-order chi connectivity index (χ0) is 23.4. The van der Waals surface area contributed by atoms with Gasteiger partial charge in [0.1, 0.15) is 23.0 Å². The van der Waals surface area contributed by atoms with E-state index in [1.54, 1.807) is 24.3 Å². The molecule has 10 nitrogen and oxygen atoms in total. The van der Waals surface area contributed by atoms with Gasteiger partial charge in [-0.1, -0.05) is 35.5 Å². The summed E-state index contributed by atoms with van der Waals surface area (Å²) in [6, 6.07) is 15.8. The van der Waals surface area contributed by atoms with Crippen LogP contribution in [0.4, 0.5) is 11.5 Å². The largest absolute Gasteiger partial charge is 0.465 e. The Morgan fingerprint density at radius 2 is 1.88 bits per heavy atom. The lowest BCUT2D eigenvalue weighted by Gasteiger charge is -2.07. The number of carbonyl (C=O) groups excluding carboxylic acids is 2. The van der Waals surface area contributed by atoms with Gasteiger partial charge >= 0.3 is 5.97 Å². The van der Waals surface area contributed by atoms with Crippen LogP contribution in [0.3, 0.4) is 0 Å². The molecule has 0 aliphatic heterocycles. The summed E-state index contributed by atoms with van der Waals surface area (Å²) in [6.07, 6.45) is 1.84. The number of methoxy groups -OCH3 is 1. The molecule has 33 heavy (non-hydrogen) atoms. The van der Waals surface area contributed by atoms with Gasteiger partial charge in [-0.25, -0.2) is 9.48 Å². The lowest BCUT2D eigenvalue weighted by atomic mass is 10.2. The number of hydrogen-bond acceptors (Lipinski definition) is 9. The van der Waals surface area contributed by atoms with E-state index in [-0.39, 0.29) is 24.2 Å². The molecule has 3 N–H and O–H groups in total. The van der Waals surface area contributed by atoms with Crippen molar-refractivity contribution in [1.82, 2.24) is 19.9 Å². The maximum Gasteiger partial charge on any atom is 0.337 e. The van der Waals surface area contributed by atoms with E-state index in [0.717, 1.165) is 5.56 Å². The van der Waals surface area contributed by atoms with Crippen molar-refractivity contribution in [3.05, 3.63) is 60.2 Å². The maximum atomic E-state index is 12.6. The minimum Gasteiger partial charge on any atom is -0.465 e. The van der Waals surface area contributed by atoms with Gasteiger partial charge in [0.05, 0.1) is 12.7 Å². The van der Waals surface area contributed by atoms with Gasteiger partial charge in [-0.2, -0.15) is 10.1 Å². The molecule has 0 radical (unpaired) electrons. The number of nitrogen functional groups attached to an aromatic ring is 1. The van der Waals surface area contributed by atoms with Crippen LogP contribution >= 0.6 is 11.8 Å². The molecule has 2 aromatic heterocycles. The Morgan fingerprint density at radius 3 is 2.55 bits per heavy atom. The Hall–Kier alpha value is -4.12. The molecule has 4 rings (SSSR count). The molecule has 0 bridgehead atoms. The number of ether oxygens (including phenoxy) is 1. The number of amides is 1. The van der Waals surface area contributed by atoms with Crippen molar-refractivity contribution in [3.63, 3.8) is 0 Å². The molecule has 168 valence electrons. The lowest BCUT2D eigenvalue weighted by molar-refractivity contribution is -0.116. The van der Waals surface area contributed by atoms with Gasteiger partial charge < -0.3 is 20.3 Å². The fraction of sp³-hybridized carbons (Fsp3) is 0.136. The van der Waals surface area contributed by atoms with Crippen molar-refractivity contribution in [1.29, 1.82) is 0 Å². The van der Waals surface area contributed by atoms with Crippen LogP contribution in [0, 0.1) is 0 Å². The number of esters is 1. The Morgan fingerprint density at radius 1 is 1.15 bits per heavy atom. The van der Waals surface area contributed by atoms with Gasteiger partial charge in [-0.3, -0.25) is 4.79 Å². The number of anilines is 2. The fourth-order valence-corrected chi connectivity index (χ4v) is 3.67. The van der Waals surface area contributed by atoms with Crippen LogP contribution in [0.1, 0.15) is 10.4 Å². The van der Waals surface area contributed by atoms with E-state index >= 15 is 0 Å². The molecule has 0 unspecified atom stereocenters. The van der Waals surface area contributed by atoms with Gasteiger partial charge in [-0.15, -0.1) is 11.8 Å². The third-order valence-corrected chi connectivity index (χ3v) is 5.38. The quantitative estimate of drug-likeness (QED) is 0.311. The summed E-state index contributed by atoms with van der Waals surface area (Å²) >= 11 is 1.35. The monoisotopic (exact) mass is 464 g/mol. The third-order valence-electron chi connectivity index (χ3n) is 4.71. The van der Waals surface area contributed by atoms with Crippen LogP contribution < -0.4 is 11.1 Å². The van der Waals surface area contributed by atoms with Gasteiger partial charge in [0, 0.05) is 11.3 Å². The first-order valence-corrected chi connectivity index (χ1v) is 11.0. The number of rotatable bonds is 7. The van der Waals surface area contributed by atoms with Crippen LogP contribution in [0.2, 0.25) is 0 Å². The highest BCUT2D eigenvalue weighted by molar-refractivity contribution is 7.98. The van der Waals surface area contributed by atoms with Crippen LogP contribution in [-0.4, -0.2) is 45.2 Å². The SMILES string of the molecule is COC(=O)c1ccc(NC(=O)Cn2nc(SC)c(-c3nc(-c4ccccc4)no3)c2N)cc1. The third kappa shape index (κ3) is 4.72. The molecular formula is C22H20N6O4S. The molecule has 2 heterocycles. The number of nitrogens with two attached hydrogens (primary N) is 1. The maximum absolute atomic E-state index is 12.6. The minimum absolute atomic E-state index is 0.127. The summed E-state index contributed by atoms with van der Waals surface area (Å²) < 4.78 is 11.5. The summed E-state index contributed by atoms with van der Waals surface area (Å²) in [6.45, 7) is -0.127. The van der Waals surface area contributed by atoms with Crippen molar-refractivity contribution >= 4 is 35.1 Å². The normalized spacial score (nSPS) is 10.7. The highest BCUT2D eigenvalue weighted by atomic mass is 32.2. The van der Waals surface area contributed by atoms with Crippen LogP contribution in [0.5, 0.6) is 0 Å². The van der Waals surface area contributed by atoms with Gasteiger partial charge in [0.25, 0.3) is 5.89 Å². The van der Waals surface area contributed by atoms with E-state index in [0.29, 0.717) is 27.7 Å². The zero-order valence-electron chi connectivity index (χ0n) is 17.8. The average molecular weight is 465 g/mol. The molecule has 4 aromatic rings. The summed E-state index contributed by atoms with van der Waals surface area (Å²) in [5, 5.41) is 11.8. The molecule has 2 aromatic carbocycles. The molecule has 11 heteroatoms. The van der Waals surface area contributed by atoms with Crippen molar-refractivity contribution in [2.24, 2.45) is 0 Å². The topological polar surface area (TPSA) is 138 Å². The van der Waals surface area contributed by atoms with Crippen LogP contribution in [-0.2, 0) is 16.1 Å². The number of aromatic nitrogens is 4. The standard InChI is InChI=1S/C22H20N6O4S/c1-31-22(30)14-8-10-15(11-9-14)24-16(29)12-28-18(23)17(21(26-28)33-2)20-25-19(27-32-20)13-6-4-3-5-7-13/h3-11H,12,23H2,1-2H3,(H,24,29). The zero-order valence-corrected chi connectivity index (χ0v) is 18.6. The molecule has 0 saturated heterocycles. The Kier molecular flexibility index (Phi) is 6.41. The smallest absolute Gasteiger partial charge is 0.337 e. The Balaban J connectivity index is 1.52. The van der Waals surface area contributed by atoms with Crippen molar-refractivity contribution in [2.75, 3.05) is 24.4 Å². The van der Waals surface area contributed by atoms with Gasteiger partial charge in [0.2, 0.25) is 11.7 Å². The van der Waals surface area contributed by atoms with E-state index in [2.05, 4.69) is 25.3 Å². The number of nitrogens with zero attached hydrogens (tertiary/aromatic N) is 4. The van der Waals surface area contributed by atoms with E-state index in [1.165, 1.54) is 23.6 Å². The number of carbonyl (C=O) groups is 2. The first-order chi connectivity index (χ1) is 16.0. The van der Waals surface area contributed by atoms with Gasteiger partial charge in [-0.05, 0) is 30.5 Å². The summed E-state index contributed by atoms with van der Waals surface area (Å²) in [4.78, 5) is 28.5.